The fourth-order valence-corrected chi connectivity index (χ4v) is 2.83. The number of carbonyl (C=O) groups is 1. The molecule has 21 heavy (non-hydrogen) atoms. The van der Waals surface area contributed by atoms with Gasteiger partial charge < -0.3 is 14.5 Å². The number of hydrogen-bond acceptors (Lipinski definition) is 3. The molecule has 0 radical (unpaired) electrons. The Morgan fingerprint density at radius 2 is 2.48 bits per heavy atom. The van der Waals surface area contributed by atoms with Crippen LogP contribution in [-0.4, -0.2) is 35.1 Å². The van der Waals surface area contributed by atoms with E-state index in [4.69, 9.17) is 4.74 Å². The molecule has 0 aromatic carbocycles. The van der Waals surface area contributed by atoms with E-state index in [1.807, 2.05) is 35.9 Å². The fraction of sp³-hybridized carbons (Fsp3) is 0.500. The van der Waals surface area contributed by atoms with Crippen LogP contribution in [0.2, 0.25) is 0 Å². The summed E-state index contributed by atoms with van der Waals surface area (Å²) in [6, 6.07) is 3.69. The second-order valence-electron chi connectivity index (χ2n) is 5.66. The summed E-state index contributed by atoms with van der Waals surface area (Å²) in [4.78, 5) is 16.7. The maximum absolute atomic E-state index is 12.3. The first kappa shape index (κ1) is 14.1. The van der Waals surface area contributed by atoms with Gasteiger partial charge in [-0.25, -0.2) is 4.98 Å². The zero-order chi connectivity index (χ0) is 14.7. The van der Waals surface area contributed by atoms with Crippen molar-refractivity contribution < 1.29 is 9.53 Å². The van der Waals surface area contributed by atoms with Gasteiger partial charge in [0, 0.05) is 32.2 Å². The van der Waals surface area contributed by atoms with Gasteiger partial charge in [0.2, 0.25) is 0 Å². The highest BCUT2D eigenvalue weighted by Gasteiger charge is 2.15. The first-order valence-corrected chi connectivity index (χ1v) is 7.54. The number of hydrogen-bond donors (Lipinski definition) is 1. The SMILES string of the molecule is Cc1cn2cccc(C(=O)NCCC3CCCOC3)c2n1. The van der Waals surface area contributed by atoms with E-state index >= 15 is 0 Å². The molecule has 1 unspecified atom stereocenters. The Labute approximate surface area is 124 Å². The molecule has 5 nitrogen and oxygen atoms in total. The number of rotatable bonds is 4. The molecule has 2 aromatic heterocycles. The minimum Gasteiger partial charge on any atom is -0.381 e. The lowest BCUT2D eigenvalue weighted by Crippen LogP contribution is -2.28. The van der Waals surface area contributed by atoms with Crippen LogP contribution < -0.4 is 5.32 Å². The van der Waals surface area contributed by atoms with Gasteiger partial charge in [-0.1, -0.05) is 0 Å². The highest BCUT2D eigenvalue weighted by atomic mass is 16.5. The first-order valence-electron chi connectivity index (χ1n) is 7.54. The highest BCUT2D eigenvalue weighted by Crippen LogP contribution is 2.16. The van der Waals surface area contributed by atoms with Gasteiger partial charge in [0.05, 0.1) is 11.3 Å². The van der Waals surface area contributed by atoms with E-state index in [9.17, 15) is 4.79 Å². The van der Waals surface area contributed by atoms with Crippen molar-refractivity contribution in [2.24, 2.45) is 5.92 Å². The quantitative estimate of drug-likeness (QED) is 0.938. The Hall–Kier alpha value is -1.88. The van der Waals surface area contributed by atoms with Gasteiger partial charge in [-0.2, -0.15) is 0 Å². The van der Waals surface area contributed by atoms with Gasteiger partial charge >= 0.3 is 0 Å². The van der Waals surface area contributed by atoms with Crippen molar-refractivity contribution in [2.75, 3.05) is 19.8 Å². The van der Waals surface area contributed by atoms with Crippen molar-refractivity contribution >= 4 is 11.6 Å². The Morgan fingerprint density at radius 1 is 1.57 bits per heavy atom. The van der Waals surface area contributed by atoms with Gasteiger partial charge in [-0.3, -0.25) is 4.79 Å². The molecule has 0 aliphatic carbocycles. The molecule has 1 aliphatic heterocycles. The number of ether oxygens (including phenoxy) is 1. The van der Waals surface area contributed by atoms with Crippen LogP contribution in [0.4, 0.5) is 0 Å². The van der Waals surface area contributed by atoms with E-state index in [-0.39, 0.29) is 5.91 Å². The van der Waals surface area contributed by atoms with Gasteiger partial charge in [-0.05, 0) is 44.2 Å². The van der Waals surface area contributed by atoms with Crippen LogP contribution >= 0.6 is 0 Å². The molecule has 1 N–H and O–H groups in total. The summed E-state index contributed by atoms with van der Waals surface area (Å²) in [7, 11) is 0. The minimum atomic E-state index is -0.0528. The van der Waals surface area contributed by atoms with Crippen molar-refractivity contribution in [3.8, 4) is 0 Å². The molecule has 1 aliphatic rings. The smallest absolute Gasteiger partial charge is 0.255 e. The number of nitrogens with zero attached hydrogens (tertiary/aromatic N) is 2. The molecule has 1 saturated heterocycles. The highest BCUT2D eigenvalue weighted by molar-refractivity contribution is 5.99. The standard InChI is InChI=1S/C16H21N3O2/c1-12-10-19-8-2-5-14(15(19)18-12)16(20)17-7-6-13-4-3-9-21-11-13/h2,5,8,10,13H,3-4,6-7,9,11H2,1H3,(H,17,20). The Bertz CT molecular complexity index is 629. The number of amides is 1. The van der Waals surface area contributed by atoms with Crippen molar-refractivity contribution in [2.45, 2.75) is 26.2 Å². The van der Waals surface area contributed by atoms with Crippen molar-refractivity contribution in [1.82, 2.24) is 14.7 Å². The van der Waals surface area contributed by atoms with Gasteiger partial charge in [0.1, 0.15) is 5.65 Å². The molecule has 1 amide bonds. The molecular weight excluding hydrogens is 266 g/mol. The van der Waals surface area contributed by atoms with Gasteiger partial charge in [-0.15, -0.1) is 0 Å². The van der Waals surface area contributed by atoms with Crippen LogP contribution in [0.1, 0.15) is 35.3 Å². The maximum Gasteiger partial charge on any atom is 0.255 e. The van der Waals surface area contributed by atoms with E-state index in [0.717, 1.165) is 31.7 Å². The van der Waals surface area contributed by atoms with E-state index in [2.05, 4.69) is 10.3 Å². The fourth-order valence-electron chi connectivity index (χ4n) is 2.83. The molecule has 2 aromatic rings. The number of pyridine rings is 1. The van der Waals surface area contributed by atoms with Crippen LogP contribution in [0.3, 0.4) is 0 Å². The molecule has 112 valence electrons. The van der Waals surface area contributed by atoms with Crippen LogP contribution in [0.5, 0.6) is 0 Å². The zero-order valence-corrected chi connectivity index (χ0v) is 12.3. The minimum absolute atomic E-state index is 0.0528. The zero-order valence-electron chi connectivity index (χ0n) is 12.3. The topological polar surface area (TPSA) is 55.6 Å². The van der Waals surface area contributed by atoms with E-state index in [0.29, 0.717) is 23.7 Å². The monoisotopic (exact) mass is 287 g/mol. The lowest BCUT2D eigenvalue weighted by molar-refractivity contribution is 0.0514. The van der Waals surface area contributed by atoms with Crippen LogP contribution in [0.25, 0.3) is 5.65 Å². The third-order valence-corrected chi connectivity index (χ3v) is 3.94. The van der Waals surface area contributed by atoms with E-state index in [1.165, 1.54) is 6.42 Å². The van der Waals surface area contributed by atoms with Crippen molar-refractivity contribution in [1.29, 1.82) is 0 Å². The Balaban J connectivity index is 1.61. The predicted molar refractivity (Wildman–Crippen MR) is 80.4 cm³/mol. The normalized spacial score (nSPS) is 18.8. The molecule has 0 bridgehead atoms. The lowest BCUT2D eigenvalue weighted by atomic mass is 9.99. The number of aryl methyl sites for hydroxylation is 1. The summed E-state index contributed by atoms with van der Waals surface area (Å²) in [5, 5.41) is 3.00. The number of imidazole rings is 1. The van der Waals surface area contributed by atoms with E-state index in [1.54, 1.807) is 0 Å². The third kappa shape index (κ3) is 3.24. The van der Waals surface area contributed by atoms with Crippen molar-refractivity contribution in [3.05, 3.63) is 35.8 Å². The van der Waals surface area contributed by atoms with Crippen LogP contribution in [0.15, 0.2) is 24.5 Å². The van der Waals surface area contributed by atoms with Crippen LogP contribution in [0, 0.1) is 12.8 Å². The summed E-state index contributed by atoms with van der Waals surface area (Å²) in [6.07, 6.45) is 7.13. The summed E-state index contributed by atoms with van der Waals surface area (Å²) < 4.78 is 7.35. The molecule has 1 atom stereocenters. The third-order valence-electron chi connectivity index (χ3n) is 3.94. The number of fused-ring (bicyclic) bond motifs is 1. The molecule has 0 spiro atoms. The van der Waals surface area contributed by atoms with Crippen molar-refractivity contribution in [3.63, 3.8) is 0 Å². The molecule has 1 fully saturated rings. The Morgan fingerprint density at radius 3 is 3.29 bits per heavy atom. The second kappa shape index (κ2) is 6.26. The largest absolute Gasteiger partial charge is 0.381 e. The summed E-state index contributed by atoms with van der Waals surface area (Å²) >= 11 is 0. The molecule has 3 rings (SSSR count). The maximum atomic E-state index is 12.3. The summed E-state index contributed by atoms with van der Waals surface area (Å²) in [5.74, 6) is 0.520. The van der Waals surface area contributed by atoms with Gasteiger partial charge in [0.15, 0.2) is 0 Å². The summed E-state index contributed by atoms with van der Waals surface area (Å²) in [5.41, 5.74) is 2.26. The molecule has 5 heteroatoms. The van der Waals surface area contributed by atoms with Crippen LogP contribution in [-0.2, 0) is 4.74 Å². The second-order valence-corrected chi connectivity index (χ2v) is 5.66. The average Bonchev–Trinajstić information content (AvgIpc) is 2.88. The Kier molecular flexibility index (Phi) is 4.20. The summed E-state index contributed by atoms with van der Waals surface area (Å²) in [6.45, 7) is 4.32. The number of aromatic nitrogens is 2. The van der Waals surface area contributed by atoms with E-state index < -0.39 is 0 Å². The molecular formula is C16H21N3O2. The molecule has 3 heterocycles. The number of nitrogens with one attached hydrogen (secondary N) is 1. The van der Waals surface area contributed by atoms with Gasteiger partial charge in [0.25, 0.3) is 5.91 Å². The lowest BCUT2D eigenvalue weighted by Gasteiger charge is -2.21. The average molecular weight is 287 g/mol. The predicted octanol–water partition coefficient (Wildman–Crippen LogP) is 2.19. The first-order chi connectivity index (χ1) is 10.2. The number of carbonyl (C=O) groups excluding carboxylic acids is 1. The molecule has 0 saturated carbocycles.